The number of nitrogens with one attached hydrogen (secondary N) is 2. The lowest BCUT2D eigenvalue weighted by Gasteiger charge is -2.43. The number of fused-ring (bicyclic) bond motifs is 3. The van der Waals surface area contributed by atoms with Crippen LogP contribution < -0.4 is 10.6 Å². The van der Waals surface area contributed by atoms with E-state index in [1.165, 1.54) is 0 Å². The molecule has 1 aromatic carbocycles. The number of nitrogens with zero attached hydrogens (tertiary/aromatic N) is 2. The van der Waals surface area contributed by atoms with Gasteiger partial charge in [-0.3, -0.25) is 15.2 Å². The Hall–Kier alpha value is -2.40. The van der Waals surface area contributed by atoms with Crippen molar-refractivity contribution in [1.82, 2.24) is 15.2 Å². The van der Waals surface area contributed by atoms with Crippen molar-refractivity contribution in [2.24, 2.45) is 0 Å². The maximum absolute atomic E-state index is 12.4. The van der Waals surface area contributed by atoms with Gasteiger partial charge in [0.2, 0.25) is 0 Å². The summed E-state index contributed by atoms with van der Waals surface area (Å²) >= 11 is 0. The Labute approximate surface area is 116 Å². The minimum absolute atomic E-state index is 0.0717. The van der Waals surface area contributed by atoms with Crippen LogP contribution in [0.1, 0.15) is 11.1 Å². The zero-order valence-corrected chi connectivity index (χ0v) is 10.8. The van der Waals surface area contributed by atoms with Crippen molar-refractivity contribution in [2.75, 3.05) is 18.4 Å². The van der Waals surface area contributed by atoms with E-state index in [2.05, 4.69) is 15.6 Å². The van der Waals surface area contributed by atoms with E-state index in [4.69, 9.17) is 0 Å². The average molecular weight is 266 g/mol. The third-order valence-electron chi connectivity index (χ3n) is 4.01. The first-order chi connectivity index (χ1) is 9.82. The molecule has 1 aromatic heterocycles. The highest BCUT2D eigenvalue weighted by Crippen LogP contribution is 2.42. The van der Waals surface area contributed by atoms with Crippen LogP contribution in [0.5, 0.6) is 0 Å². The molecule has 2 amide bonds. The van der Waals surface area contributed by atoms with E-state index < -0.39 is 5.66 Å². The molecule has 5 heteroatoms. The first-order valence-electron chi connectivity index (χ1n) is 6.66. The number of rotatable bonds is 1. The minimum Gasteiger partial charge on any atom is -0.307 e. The average Bonchev–Trinajstić information content (AvgIpc) is 2.95. The molecular weight excluding hydrogens is 252 g/mol. The van der Waals surface area contributed by atoms with Gasteiger partial charge >= 0.3 is 6.03 Å². The Morgan fingerprint density at radius 1 is 1.20 bits per heavy atom. The van der Waals surface area contributed by atoms with Crippen LogP contribution in [0.2, 0.25) is 0 Å². The lowest BCUT2D eigenvalue weighted by molar-refractivity contribution is 0.165. The van der Waals surface area contributed by atoms with Crippen molar-refractivity contribution in [3.8, 4) is 0 Å². The molecule has 0 spiro atoms. The second kappa shape index (κ2) is 4.05. The van der Waals surface area contributed by atoms with Crippen LogP contribution in [0.4, 0.5) is 10.5 Å². The number of carbonyl (C=O) groups is 1. The van der Waals surface area contributed by atoms with Crippen LogP contribution in [0.15, 0.2) is 48.8 Å². The number of anilines is 1. The SMILES string of the molecule is O=C1Nc2ccncc2C2(c3ccccc3)NCCN12. The summed E-state index contributed by atoms with van der Waals surface area (Å²) in [6.45, 7) is 1.44. The first-order valence-corrected chi connectivity index (χ1v) is 6.66. The van der Waals surface area contributed by atoms with E-state index in [9.17, 15) is 4.79 Å². The van der Waals surface area contributed by atoms with E-state index in [1.54, 1.807) is 6.20 Å². The monoisotopic (exact) mass is 266 g/mol. The summed E-state index contributed by atoms with van der Waals surface area (Å²) in [7, 11) is 0. The van der Waals surface area contributed by atoms with Gasteiger partial charge in [0.25, 0.3) is 0 Å². The molecule has 2 aromatic rings. The molecule has 2 aliphatic heterocycles. The highest BCUT2D eigenvalue weighted by molar-refractivity contribution is 5.94. The zero-order chi connectivity index (χ0) is 13.6. The zero-order valence-electron chi connectivity index (χ0n) is 10.8. The Balaban J connectivity index is 2.01. The molecule has 1 atom stereocenters. The van der Waals surface area contributed by atoms with E-state index in [0.29, 0.717) is 6.54 Å². The van der Waals surface area contributed by atoms with Crippen molar-refractivity contribution in [3.63, 3.8) is 0 Å². The first kappa shape index (κ1) is 11.4. The van der Waals surface area contributed by atoms with Gasteiger partial charge in [0, 0.05) is 31.0 Å². The number of urea groups is 1. The molecule has 5 nitrogen and oxygen atoms in total. The fourth-order valence-corrected chi connectivity index (χ4v) is 3.17. The van der Waals surface area contributed by atoms with Gasteiger partial charge in [0.1, 0.15) is 0 Å². The molecule has 0 radical (unpaired) electrons. The molecule has 1 unspecified atom stereocenters. The normalized spacial score (nSPS) is 24.0. The topological polar surface area (TPSA) is 57.3 Å². The minimum atomic E-state index is -0.604. The number of benzene rings is 1. The van der Waals surface area contributed by atoms with Crippen molar-refractivity contribution >= 4 is 11.7 Å². The van der Waals surface area contributed by atoms with Crippen molar-refractivity contribution < 1.29 is 4.79 Å². The van der Waals surface area contributed by atoms with Gasteiger partial charge in [-0.25, -0.2) is 4.79 Å². The van der Waals surface area contributed by atoms with Crippen LogP contribution in [-0.2, 0) is 5.66 Å². The van der Waals surface area contributed by atoms with Crippen molar-refractivity contribution in [1.29, 1.82) is 0 Å². The second-order valence-electron chi connectivity index (χ2n) is 5.01. The van der Waals surface area contributed by atoms with Gasteiger partial charge in [-0.2, -0.15) is 0 Å². The lowest BCUT2D eigenvalue weighted by Crippen LogP contribution is -2.56. The maximum Gasteiger partial charge on any atom is 0.323 e. The fraction of sp³-hybridized carbons (Fsp3) is 0.200. The van der Waals surface area contributed by atoms with Gasteiger partial charge in [-0.15, -0.1) is 0 Å². The molecule has 0 saturated carbocycles. The van der Waals surface area contributed by atoms with Crippen LogP contribution in [0.25, 0.3) is 0 Å². The van der Waals surface area contributed by atoms with Gasteiger partial charge in [-0.1, -0.05) is 30.3 Å². The number of hydrogen-bond donors (Lipinski definition) is 2. The number of aromatic nitrogens is 1. The summed E-state index contributed by atoms with van der Waals surface area (Å²) in [6.07, 6.45) is 3.52. The largest absolute Gasteiger partial charge is 0.323 e. The highest BCUT2D eigenvalue weighted by atomic mass is 16.2. The van der Waals surface area contributed by atoms with Gasteiger partial charge in [0.15, 0.2) is 5.66 Å². The van der Waals surface area contributed by atoms with Crippen molar-refractivity contribution in [3.05, 3.63) is 59.9 Å². The third kappa shape index (κ3) is 1.35. The molecule has 1 fully saturated rings. The molecule has 3 heterocycles. The Morgan fingerprint density at radius 3 is 2.90 bits per heavy atom. The molecular formula is C15H14N4O. The Bertz CT molecular complexity index is 673. The summed E-state index contributed by atoms with van der Waals surface area (Å²) in [4.78, 5) is 18.4. The molecule has 2 N–H and O–H groups in total. The van der Waals surface area contributed by atoms with Crippen molar-refractivity contribution in [2.45, 2.75) is 5.66 Å². The quantitative estimate of drug-likeness (QED) is 0.826. The third-order valence-corrected chi connectivity index (χ3v) is 4.01. The van der Waals surface area contributed by atoms with Crippen LogP contribution in [-0.4, -0.2) is 29.0 Å². The van der Waals surface area contributed by atoms with Crippen LogP contribution in [0.3, 0.4) is 0 Å². The standard InChI is InChI=1S/C15H14N4O/c20-14-18-13-6-7-16-10-12(13)15(17-8-9-19(14)15)11-4-2-1-3-5-11/h1-7,10,17H,8-9H2,(H,18,20). The summed E-state index contributed by atoms with van der Waals surface area (Å²) in [5.41, 5.74) is 2.26. The summed E-state index contributed by atoms with van der Waals surface area (Å²) in [5.74, 6) is 0. The molecule has 2 aliphatic rings. The molecule has 20 heavy (non-hydrogen) atoms. The smallest absolute Gasteiger partial charge is 0.307 e. The predicted molar refractivity (Wildman–Crippen MR) is 75.2 cm³/mol. The van der Waals surface area contributed by atoms with Crippen LogP contribution >= 0.6 is 0 Å². The lowest BCUT2D eigenvalue weighted by atomic mass is 9.89. The van der Waals surface area contributed by atoms with E-state index in [-0.39, 0.29) is 6.03 Å². The fourth-order valence-electron chi connectivity index (χ4n) is 3.17. The second-order valence-corrected chi connectivity index (χ2v) is 5.01. The molecule has 0 bridgehead atoms. The number of amides is 2. The van der Waals surface area contributed by atoms with E-state index in [1.807, 2.05) is 47.5 Å². The Morgan fingerprint density at radius 2 is 2.05 bits per heavy atom. The number of pyridine rings is 1. The van der Waals surface area contributed by atoms with Gasteiger partial charge in [-0.05, 0) is 11.6 Å². The molecule has 0 aliphatic carbocycles. The molecule has 1 saturated heterocycles. The maximum atomic E-state index is 12.4. The summed E-state index contributed by atoms with van der Waals surface area (Å²) in [5, 5.41) is 6.43. The van der Waals surface area contributed by atoms with Gasteiger partial charge < -0.3 is 5.32 Å². The summed E-state index contributed by atoms with van der Waals surface area (Å²) < 4.78 is 0. The molecule has 100 valence electrons. The van der Waals surface area contributed by atoms with Gasteiger partial charge in [0.05, 0.1) is 5.69 Å². The van der Waals surface area contributed by atoms with E-state index >= 15 is 0 Å². The molecule has 4 rings (SSSR count). The number of carbonyl (C=O) groups excluding carboxylic acids is 1. The number of hydrogen-bond acceptors (Lipinski definition) is 3. The predicted octanol–water partition coefficient (Wildman–Crippen LogP) is 1.73. The van der Waals surface area contributed by atoms with Crippen LogP contribution in [0, 0.1) is 0 Å². The van der Waals surface area contributed by atoms with E-state index in [0.717, 1.165) is 23.4 Å². The summed E-state index contributed by atoms with van der Waals surface area (Å²) in [6, 6.07) is 11.8. The Kier molecular flexibility index (Phi) is 2.31. The highest BCUT2D eigenvalue weighted by Gasteiger charge is 2.50.